The minimum absolute atomic E-state index is 0.187. The summed E-state index contributed by atoms with van der Waals surface area (Å²) in [4.78, 5) is 12.7. The number of carbonyl (C=O) groups excluding carboxylic acids is 1. The van der Waals surface area contributed by atoms with Crippen molar-refractivity contribution in [3.05, 3.63) is 71.9 Å². The van der Waals surface area contributed by atoms with E-state index in [4.69, 9.17) is 14.7 Å². The van der Waals surface area contributed by atoms with Gasteiger partial charge in [-0.2, -0.15) is 10.4 Å². The van der Waals surface area contributed by atoms with Gasteiger partial charge in [-0.05, 0) is 24.3 Å². The molecule has 0 N–H and O–H groups in total. The van der Waals surface area contributed by atoms with Gasteiger partial charge in [-0.15, -0.1) is 0 Å². The number of ketones is 1. The van der Waals surface area contributed by atoms with E-state index in [1.54, 1.807) is 36.1 Å². The van der Waals surface area contributed by atoms with E-state index in [9.17, 15) is 4.79 Å². The summed E-state index contributed by atoms with van der Waals surface area (Å²) < 4.78 is 12.2. The lowest BCUT2D eigenvalue weighted by atomic mass is 10.1. The summed E-state index contributed by atoms with van der Waals surface area (Å²) in [5.74, 6) is 0.882. The molecule has 2 aromatic carbocycles. The molecule has 0 spiro atoms. The molecule has 0 aliphatic heterocycles. The minimum atomic E-state index is -0.187. The van der Waals surface area contributed by atoms with Crippen molar-refractivity contribution in [1.29, 1.82) is 5.26 Å². The lowest BCUT2D eigenvalue weighted by Crippen LogP contribution is -1.99. The molecule has 0 aliphatic rings. The second-order valence-corrected chi connectivity index (χ2v) is 6.23. The van der Waals surface area contributed by atoms with E-state index in [0.717, 1.165) is 16.8 Å². The van der Waals surface area contributed by atoms with Gasteiger partial charge in [0.1, 0.15) is 11.5 Å². The fraction of sp³-hybridized carbons (Fsp3) is 0.174. The predicted octanol–water partition coefficient (Wildman–Crippen LogP) is 4.38. The zero-order valence-electron chi connectivity index (χ0n) is 16.3. The molecule has 0 radical (unpaired) electrons. The van der Waals surface area contributed by atoms with Gasteiger partial charge in [0.2, 0.25) is 0 Å². The average Bonchev–Trinajstić information content (AvgIpc) is 3.19. The van der Waals surface area contributed by atoms with Crippen LogP contribution in [0.2, 0.25) is 0 Å². The third-order valence-corrected chi connectivity index (χ3v) is 4.38. The van der Waals surface area contributed by atoms with Gasteiger partial charge in [0, 0.05) is 23.4 Å². The van der Waals surface area contributed by atoms with Crippen molar-refractivity contribution in [2.75, 3.05) is 14.2 Å². The van der Waals surface area contributed by atoms with Crippen LogP contribution in [0.4, 0.5) is 0 Å². The molecule has 6 nitrogen and oxygen atoms in total. The maximum absolute atomic E-state index is 12.7. The molecule has 1 aromatic heterocycles. The highest BCUT2D eigenvalue weighted by molar-refractivity contribution is 6.09. The number of methoxy groups -OCH3 is 2. The molecule has 0 saturated carbocycles. The van der Waals surface area contributed by atoms with Crippen LogP contribution in [0.25, 0.3) is 17.3 Å². The van der Waals surface area contributed by atoms with Crippen LogP contribution in [0.15, 0.2) is 60.8 Å². The smallest absolute Gasteiger partial charge is 0.189 e. The highest BCUT2D eigenvalue weighted by Crippen LogP contribution is 2.27. The standard InChI is InChI=1S/C23H21N3O3/c1-28-19-10-11-20(22(15-19)29-2)21(27)12-9-18-16-26(14-6-13-24)25-23(18)17-7-4-3-5-8-17/h3-5,7-12,15-16H,6,14H2,1-2H3/b12-9+. The number of nitrogens with zero attached hydrogens (tertiary/aromatic N) is 3. The van der Waals surface area contributed by atoms with Crippen LogP contribution in [0, 0.1) is 11.3 Å². The number of aromatic nitrogens is 2. The molecule has 1 heterocycles. The Kier molecular flexibility index (Phi) is 6.43. The fourth-order valence-corrected chi connectivity index (χ4v) is 2.92. The summed E-state index contributed by atoms with van der Waals surface area (Å²) in [5.41, 5.74) is 2.95. The summed E-state index contributed by atoms with van der Waals surface area (Å²) in [6, 6.07) is 16.9. The molecular formula is C23H21N3O3. The van der Waals surface area contributed by atoms with E-state index >= 15 is 0 Å². The molecule has 6 heteroatoms. The molecule has 146 valence electrons. The Morgan fingerprint density at radius 3 is 2.66 bits per heavy atom. The van der Waals surface area contributed by atoms with Crippen LogP contribution in [-0.4, -0.2) is 29.8 Å². The van der Waals surface area contributed by atoms with Crippen molar-refractivity contribution >= 4 is 11.9 Å². The van der Waals surface area contributed by atoms with Crippen LogP contribution in [0.5, 0.6) is 11.5 Å². The predicted molar refractivity (Wildman–Crippen MR) is 111 cm³/mol. The van der Waals surface area contributed by atoms with Crippen molar-refractivity contribution < 1.29 is 14.3 Å². The van der Waals surface area contributed by atoms with Crippen LogP contribution in [-0.2, 0) is 6.54 Å². The van der Waals surface area contributed by atoms with E-state index in [1.807, 2.05) is 36.5 Å². The Morgan fingerprint density at radius 1 is 1.17 bits per heavy atom. The van der Waals surface area contributed by atoms with E-state index in [0.29, 0.717) is 30.0 Å². The lowest BCUT2D eigenvalue weighted by Gasteiger charge is -2.07. The first-order valence-corrected chi connectivity index (χ1v) is 9.10. The zero-order valence-corrected chi connectivity index (χ0v) is 16.3. The summed E-state index contributed by atoms with van der Waals surface area (Å²) in [7, 11) is 3.08. The van der Waals surface area contributed by atoms with Crippen molar-refractivity contribution in [2.24, 2.45) is 0 Å². The Morgan fingerprint density at radius 2 is 1.97 bits per heavy atom. The van der Waals surface area contributed by atoms with E-state index in [1.165, 1.54) is 13.2 Å². The number of rotatable bonds is 8. The first-order chi connectivity index (χ1) is 14.2. The molecule has 3 rings (SSSR count). The molecule has 0 aliphatic carbocycles. The Hall–Kier alpha value is -3.85. The Bertz CT molecular complexity index is 1060. The normalized spacial score (nSPS) is 10.7. The first kappa shape index (κ1) is 19.9. The van der Waals surface area contributed by atoms with Gasteiger partial charge in [0.15, 0.2) is 5.78 Å². The van der Waals surface area contributed by atoms with Crippen LogP contribution >= 0.6 is 0 Å². The zero-order chi connectivity index (χ0) is 20.6. The molecule has 0 saturated heterocycles. The number of aryl methyl sites for hydroxylation is 1. The largest absolute Gasteiger partial charge is 0.497 e. The van der Waals surface area contributed by atoms with E-state index in [2.05, 4.69) is 11.2 Å². The third kappa shape index (κ3) is 4.71. The third-order valence-electron chi connectivity index (χ3n) is 4.38. The lowest BCUT2D eigenvalue weighted by molar-refractivity contribution is 0.104. The van der Waals surface area contributed by atoms with Gasteiger partial charge in [0.25, 0.3) is 0 Å². The molecule has 29 heavy (non-hydrogen) atoms. The second-order valence-electron chi connectivity index (χ2n) is 6.23. The molecule has 3 aromatic rings. The quantitative estimate of drug-likeness (QED) is 0.423. The van der Waals surface area contributed by atoms with Crippen molar-refractivity contribution in [2.45, 2.75) is 13.0 Å². The number of benzene rings is 2. The van der Waals surface area contributed by atoms with Crippen molar-refractivity contribution in [3.8, 4) is 28.8 Å². The van der Waals surface area contributed by atoms with Gasteiger partial charge in [0.05, 0.1) is 44.5 Å². The summed E-state index contributed by atoms with van der Waals surface area (Å²) in [5, 5.41) is 13.4. The van der Waals surface area contributed by atoms with Gasteiger partial charge in [-0.1, -0.05) is 30.3 Å². The molecule has 0 atom stereocenters. The average molecular weight is 387 g/mol. The van der Waals surface area contributed by atoms with Gasteiger partial charge in [-0.3, -0.25) is 9.48 Å². The summed E-state index contributed by atoms with van der Waals surface area (Å²) >= 11 is 0. The summed E-state index contributed by atoms with van der Waals surface area (Å²) in [6.07, 6.45) is 5.45. The van der Waals surface area contributed by atoms with Gasteiger partial charge < -0.3 is 9.47 Å². The summed E-state index contributed by atoms with van der Waals surface area (Å²) in [6.45, 7) is 0.490. The molecule has 0 amide bonds. The highest BCUT2D eigenvalue weighted by atomic mass is 16.5. The van der Waals surface area contributed by atoms with Gasteiger partial charge in [-0.25, -0.2) is 0 Å². The highest BCUT2D eigenvalue weighted by Gasteiger charge is 2.13. The monoisotopic (exact) mass is 387 g/mol. The second kappa shape index (κ2) is 9.38. The molecule has 0 bridgehead atoms. The maximum Gasteiger partial charge on any atom is 0.189 e. The molecule has 0 unspecified atom stereocenters. The number of hydrogen-bond donors (Lipinski definition) is 0. The molecule has 0 fully saturated rings. The van der Waals surface area contributed by atoms with E-state index in [-0.39, 0.29) is 5.78 Å². The maximum atomic E-state index is 12.7. The Balaban J connectivity index is 1.92. The Labute approximate surface area is 169 Å². The number of hydrogen-bond acceptors (Lipinski definition) is 5. The number of carbonyl (C=O) groups is 1. The van der Waals surface area contributed by atoms with Gasteiger partial charge >= 0.3 is 0 Å². The van der Waals surface area contributed by atoms with E-state index < -0.39 is 0 Å². The number of nitriles is 1. The fourth-order valence-electron chi connectivity index (χ4n) is 2.92. The van der Waals surface area contributed by atoms with Crippen molar-refractivity contribution in [3.63, 3.8) is 0 Å². The van der Waals surface area contributed by atoms with Crippen LogP contribution < -0.4 is 9.47 Å². The number of allylic oxidation sites excluding steroid dienone is 1. The topological polar surface area (TPSA) is 77.1 Å². The number of ether oxygens (including phenoxy) is 2. The SMILES string of the molecule is COc1ccc(C(=O)/C=C/c2cn(CCC#N)nc2-c2ccccc2)c(OC)c1. The first-order valence-electron chi connectivity index (χ1n) is 9.10. The molecular weight excluding hydrogens is 366 g/mol. The van der Waals surface area contributed by atoms with Crippen LogP contribution in [0.1, 0.15) is 22.3 Å². The minimum Gasteiger partial charge on any atom is -0.497 e. The van der Waals surface area contributed by atoms with Crippen LogP contribution in [0.3, 0.4) is 0 Å². The van der Waals surface area contributed by atoms with Crippen molar-refractivity contribution in [1.82, 2.24) is 9.78 Å².